The van der Waals surface area contributed by atoms with E-state index in [9.17, 15) is 13.2 Å². The summed E-state index contributed by atoms with van der Waals surface area (Å²) in [5.74, 6) is 1.23. The van der Waals surface area contributed by atoms with Crippen LogP contribution in [0.2, 0.25) is 0 Å². The maximum absolute atomic E-state index is 13.1. The van der Waals surface area contributed by atoms with E-state index < -0.39 is 11.7 Å². The number of aromatic nitrogens is 1. The number of alkyl halides is 3. The number of anilines is 1. The van der Waals surface area contributed by atoms with Crippen LogP contribution in [0.15, 0.2) is 12.1 Å². The molecule has 1 spiro atoms. The van der Waals surface area contributed by atoms with Crippen molar-refractivity contribution in [3.05, 3.63) is 23.4 Å². The number of hydrogen-bond donors (Lipinski definition) is 0. The van der Waals surface area contributed by atoms with E-state index in [2.05, 4.69) is 24.0 Å². The lowest BCUT2D eigenvalue weighted by atomic mass is 9.73. The van der Waals surface area contributed by atoms with E-state index in [0.29, 0.717) is 36.0 Å². The monoisotopic (exact) mass is 355 g/mol. The van der Waals surface area contributed by atoms with Gasteiger partial charge in [0.1, 0.15) is 5.82 Å². The zero-order valence-corrected chi connectivity index (χ0v) is 14.8. The zero-order chi connectivity index (χ0) is 18.0. The fourth-order valence-corrected chi connectivity index (χ4v) is 5.01. The van der Waals surface area contributed by atoms with Crippen LogP contribution >= 0.6 is 0 Å². The zero-order valence-electron chi connectivity index (χ0n) is 14.8. The number of pyridine rings is 1. The van der Waals surface area contributed by atoms with Gasteiger partial charge in [-0.05, 0) is 46.0 Å². The Balaban J connectivity index is 1.62. The van der Waals surface area contributed by atoms with E-state index in [1.807, 2.05) is 4.90 Å². The molecule has 4 nitrogen and oxygen atoms in total. The quantitative estimate of drug-likeness (QED) is 0.834. The van der Waals surface area contributed by atoms with Gasteiger partial charge in [0, 0.05) is 37.2 Å². The minimum atomic E-state index is -4.35. The molecule has 4 atom stereocenters. The van der Waals surface area contributed by atoms with Crippen LogP contribution in [0.4, 0.5) is 19.0 Å². The van der Waals surface area contributed by atoms with Crippen LogP contribution in [0.5, 0.6) is 0 Å². The first-order chi connectivity index (χ1) is 11.7. The normalized spacial score (nSPS) is 34.2. The highest BCUT2D eigenvalue weighted by Crippen LogP contribution is 2.55. The molecule has 1 aromatic heterocycles. The van der Waals surface area contributed by atoms with E-state index >= 15 is 0 Å². The first-order valence-electron chi connectivity index (χ1n) is 8.81. The molecule has 0 N–H and O–H groups in total. The van der Waals surface area contributed by atoms with Crippen LogP contribution in [-0.2, 0) is 10.9 Å². The van der Waals surface area contributed by atoms with Crippen molar-refractivity contribution in [1.82, 2.24) is 9.88 Å². The molecule has 0 amide bonds. The molecule has 7 heteroatoms. The Labute approximate surface area is 146 Å². The van der Waals surface area contributed by atoms with Gasteiger partial charge in [-0.15, -0.1) is 0 Å². The van der Waals surface area contributed by atoms with Crippen molar-refractivity contribution in [3.63, 3.8) is 0 Å². The first kappa shape index (κ1) is 17.1. The number of aryl methyl sites for hydroxylation is 1. The molecule has 1 aromatic rings. The van der Waals surface area contributed by atoms with E-state index in [0.717, 1.165) is 32.0 Å². The molecule has 0 radical (unpaired) electrons. The molecule has 0 aromatic carbocycles. The molecule has 3 aliphatic heterocycles. The molecule has 3 saturated heterocycles. The summed E-state index contributed by atoms with van der Waals surface area (Å²) in [6.45, 7) is 3.94. The van der Waals surface area contributed by atoms with Gasteiger partial charge in [-0.25, -0.2) is 4.98 Å². The second kappa shape index (κ2) is 5.58. The molecule has 138 valence electrons. The third-order valence-electron chi connectivity index (χ3n) is 5.95. The molecule has 0 aliphatic carbocycles. The van der Waals surface area contributed by atoms with Gasteiger partial charge in [0.25, 0.3) is 0 Å². The van der Waals surface area contributed by atoms with E-state index in [4.69, 9.17) is 4.74 Å². The van der Waals surface area contributed by atoms with Crippen LogP contribution < -0.4 is 4.90 Å². The molecule has 4 rings (SSSR count). The van der Waals surface area contributed by atoms with Gasteiger partial charge in [0.05, 0.1) is 17.3 Å². The third-order valence-corrected chi connectivity index (χ3v) is 5.95. The molecular formula is C18H24F3N3O. The first-order valence-corrected chi connectivity index (χ1v) is 8.81. The van der Waals surface area contributed by atoms with Crippen molar-refractivity contribution in [2.75, 3.05) is 38.6 Å². The third kappa shape index (κ3) is 2.81. The summed E-state index contributed by atoms with van der Waals surface area (Å²) in [7, 11) is 4.12. The second-order valence-electron chi connectivity index (χ2n) is 8.03. The van der Waals surface area contributed by atoms with E-state index in [-0.39, 0.29) is 5.60 Å². The van der Waals surface area contributed by atoms with Gasteiger partial charge in [0.2, 0.25) is 0 Å². The van der Waals surface area contributed by atoms with Crippen LogP contribution in [0.3, 0.4) is 0 Å². The lowest BCUT2D eigenvalue weighted by Crippen LogP contribution is -2.40. The Morgan fingerprint density at radius 1 is 1.36 bits per heavy atom. The Hall–Kier alpha value is -1.34. The number of fused-ring (bicyclic) bond motifs is 1. The second-order valence-corrected chi connectivity index (χ2v) is 8.03. The van der Waals surface area contributed by atoms with Crippen molar-refractivity contribution in [3.8, 4) is 0 Å². The maximum atomic E-state index is 13.1. The smallest absolute Gasteiger partial charge is 0.369 e. The predicted octanol–water partition coefficient (Wildman–Crippen LogP) is 2.95. The summed E-state index contributed by atoms with van der Waals surface area (Å²) in [5.41, 5.74) is -0.427. The van der Waals surface area contributed by atoms with E-state index in [1.54, 1.807) is 6.92 Å². The summed E-state index contributed by atoms with van der Waals surface area (Å²) in [4.78, 5) is 8.56. The maximum Gasteiger partial charge on any atom is 0.416 e. The van der Waals surface area contributed by atoms with Gasteiger partial charge in [-0.1, -0.05) is 0 Å². The largest absolute Gasteiger partial charge is 0.416 e. The molecule has 25 heavy (non-hydrogen) atoms. The van der Waals surface area contributed by atoms with Gasteiger partial charge in [-0.3, -0.25) is 0 Å². The van der Waals surface area contributed by atoms with Crippen molar-refractivity contribution >= 4 is 5.82 Å². The Bertz CT molecular complexity index is 678. The molecule has 0 unspecified atom stereocenters. The van der Waals surface area contributed by atoms with Crippen LogP contribution in [0, 0.1) is 18.8 Å². The Morgan fingerprint density at radius 2 is 2.12 bits per heavy atom. The van der Waals surface area contributed by atoms with Gasteiger partial charge < -0.3 is 14.5 Å². The highest BCUT2D eigenvalue weighted by atomic mass is 19.4. The van der Waals surface area contributed by atoms with E-state index in [1.165, 1.54) is 6.07 Å². The minimum absolute atomic E-state index is 0.199. The number of halogens is 3. The Kier molecular flexibility index (Phi) is 3.81. The summed E-state index contributed by atoms with van der Waals surface area (Å²) < 4.78 is 45.8. The summed E-state index contributed by atoms with van der Waals surface area (Å²) in [6.07, 6.45) is -2.00. The highest BCUT2D eigenvalue weighted by Gasteiger charge is 2.63. The highest BCUT2D eigenvalue weighted by molar-refractivity contribution is 5.46. The van der Waals surface area contributed by atoms with Gasteiger partial charge >= 0.3 is 6.18 Å². The van der Waals surface area contributed by atoms with Crippen molar-refractivity contribution in [1.29, 1.82) is 0 Å². The molecular weight excluding hydrogens is 331 g/mol. The van der Waals surface area contributed by atoms with Crippen molar-refractivity contribution < 1.29 is 17.9 Å². The fraction of sp³-hybridized carbons (Fsp3) is 0.722. The molecule has 3 aliphatic rings. The number of ether oxygens (including phenoxy) is 1. The number of rotatable bonds is 3. The average Bonchev–Trinajstić information content (AvgIpc) is 3.15. The summed E-state index contributed by atoms with van der Waals surface area (Å²) in [5, 5.41) is 0. The van der Waals surface area contributed by atoms with Crippen LogP contribution in [0.1, 0.15) is 24.1 Å². The minimum Gasteiger partial charge on any atom is -0.369 e. The Morgan fingerprint density at radius 3 is 2.80 bits per heavy atom. The topological polar surface area (TPSA) is 28.6 Å². The van der Waals surface area contributed by atoms with Crippen molar-refractivity contribution in [2.45, 2.75) is 37.6 Å². The van der Waals surface area contributed by atoms with Gasteiger partial charge in [0.15, 0.2) is 0 Å². The SMILES string of the molecule is Cc1cc(C(F)(F)F)cc(N2C[C@@H]3[C@H](CN(C)C)[C@H]4CC[C@]3(C2)O4)n1. The van der Waals surface area contributed by atoms with Crippen LogP contribution in [0.25, 0.3) is 0 Å². The number of hydrogen-bond acceptors (Lipinski definition) is 4. The molecule has 3 fully saturated rings. The summed E-state index contributed by atoms with van der Waals surface area (Å²) >= 11 is 0. The predicted molar refractivity (Wildman–Crippen MR) is 88.6 cm³/mol. The molecule has 2 bridgehead atoms. The lowest BCUT2D eigenvalue weighted by molar-refractivity contribution is -0.137. The molecule has 0 saturated carbocycles. The van der Waals surface area contributed by atoms with Gasteiger partial charge in [-0.2, -0.15) is 13.2 Å². The number of nitrogens with zero attached hydrogens (tertiary/aromatic N) is 3. The molecule has 4 heterocycles. The lowest BCUT2D eigenvalue weighted by Gasteiger charge is -2.30. The van der Waals surface area contributed by atoms with Crippen LogP contribution in [-0.4, -0.2) is 55.3 Å². The summed E-state index contributed by atoms with van der Waals surface area (Å²) in [6, 6.07) is 2.29. The average molecular weight is 355 g/mol. The standard InChI is InChI=1S/C18H24F3N3O/c1-11-6-12(18(19,20)21)7-16(22-11)24-9-14-13(8-23(2)3)15-4-5-17(14,10-24)25-15/h6-7,13-15H,4-5,8-10H2,1-3H3/t13-,14+,15+,17+/m0/s1. The fourth-order valence-electron chi connectivity index (χ4n) is 5.01. The van der Waals surface area contributed by atoms with Crippen molar-refractivity contribution in [2.24, 2.45) is 11.8 Å².